The Morgan fingerprint density at radius 2 is 1.79 bits per heavy atom. The summed E-state index contributed by atoms with van der Waals surface area (Å²) in [6, 6.07) is 8.10. The zero-order valence-corrected chi connectivity index (χ0v) is 14.9. The molecule has 0 unspecified atom stereocenters. The van der Waals surface area contributed by atoms with Gasteiger partial charge < -0.3 is 9.42 Å². The Balaban J connectivity index is 1.65. The lowest BCUT2D eigenvalue weighted by molar-refractivity contribution is -0.140. The first-order valence-electron chi connectivity index (χ1n) is 8.54. The highest BCUT2D eigenvalue weighted by molar-refractivity contribution is 5.81. The van der Waals surface area contributed by atoms with Gasteiger partial charge in [-0.1, -0.05) is 55.8 Å². The van der Waals surface area contributed by atoms with Gasteiger partial charge in [0.05, 0.1) is 0 Å². The van der Waals surface area contributed by atoms with Crippen molar-refractivity contribution in [3.8, 4) is 11.4 Å². The van der Waals surface area contributed by atoms with E-state index in [0.717, 1.165) is 31.5 Å². The van der Waals surface area contributed by atoms with E-state index in [1.165, 1.54) is 5.56 Å². The molecule has 1 amide bonds. The number of likely N-dealkylation sites (tertiary alicyclic amines) is 1. The van der Waals surface area contributed by atoms with E-state index in [1.54, 1.807) is 0 Å². The topological polar surface area (TPSA) is 59.2 Å². The molecule has 1 fully saturated rings. The van der Waals surface area contributed by atoms with E-state index in [2.05, 4.69) is 17.1 Å². The molecule has 0 bridgehead atoms. The first-order chi connectivity index (χ1) is 11.3. The minimum absolute atomic E-state index is 0.215. The van der Waals surface area contributed by atoms with Crippen molar-refractivity contribution < 1.29 is 9.32 Å². The monoisotopic (exact) mass is 327 g/mol. The summed E-state index contributed by atoms with van der Waals surface area (Å²) in [6.07, 6.45) is 1.74. The van der Waals surface area contributed by atoms with Crippen molar-refractivity contribution in [1.82, 2.24) is 15.0 Å². The van der Waals surface area contributed by atoms with Gasteiger partial charge in [0, 0.05) is 30.0 Å². The van der Waals surface area contributed by atoms with Crippen molar-refractivity contribution in [1.29, 1.82) is 0 Å². The van der Waals surface area contributed by atoms with Crippen LogP contribution in [0, 0.1) is 12.3 Å². The number of aromatic nitrogens is 2. The number of carbonyl (C=O) groups excluding carboxylic acids is 1. The predicted molar refractivity (Wildman–Crippen MR) is 92.5 cm³/mol. The molecule has 2 heterocycles. The molecule has 24 heavy (non-hydrogen) atoms. The molecular formula is C19H25N3O2. The number of nitrogens with zero attached hydrogens (tertiary/aromatic N) is 3. The summed E-state index contributed by atoms with van der Waals surface area (Å²) in [7, 11) is 0. The van der Waals surface area contributed by atoms with Gasteiger partial charge in [0.2, 0.25) is 17.6 Å². The Labute approximate surface area is 143 Å². The molecule has 2 aromatic rings. The van der Waals surface area contributed by atoms with Crippen molar-refractivity contribution in [2.24, 2.45) is 5.41 Å². The van der Waals surface area contributed by atoms with E-state index in [0.29, 0.717) is 11.7 Å². The van der Waals surface area contributed by atoms with E-state index in [1.807, 2.05) is 49.9 Å². The Hall–Kier alpha value is -2.17. The summed E-state index contributed by atoms with van der Waals surface area (Å²) in [5, 5.41) is 4.12. The summed E-state index contributed by atoms with van der Waals surface area (Å²) in [5.41, 5.74) is 1.85. The molecule has 1 aliphatic heterocycles. The van der Waals surface area contributed by atoms with Crippen LogP contribution in [0.2, 0.25) is 0 Å². The van der Waals surface area contributed by atoms with Gasteiger partial charge in [-0.15, -0.1) is 0 Å². The van der Waals surface area contributed by atoms with Gasteiger partial charge in [0.15, 0.2) is 0 Å². The minimum atomic E-state index is -0.323. The summed E-state index contributed by atoms with van der Waals surface area (Å²) in [5.74, 6) is 1.78. The van der Waals surface area contributed by atoms with E-state index in [-0.39, 0.29) is 17.2 Å². The summed E-state index contributed by atoms with van der Waals surface area (Å²) in [6.45, 7) is 9.46. The number of piperidine rings is 1. The highest BCUT2D eigenvalue weighted by Crippen LogP contribution is 2.30. The Morgan fingerprint density at radius 1 is 1.17 bits per heavy atom. The Bertz CT molecular complexity index is 705. The van der Waals surface area contributed by atoms with Crippen LogP contribution < -0.4 is 0 Å². The third kappa shape index (κ3) is 3.50. The molecular weight excluding hydrogens is 302 g/mol. The van der Waals surface area contributed by atoms with E-state index >= 15 is 0 Å². The molecule has 5 heteroatoms. The highest BCUT2D eigenvalue weighted by atomic mass is 16.5. The van der Waals surface area contributed by atoms with Crippen molar-refractivity contribution >= 4 is 5.91 Å². The Morgan fingerprint density at radius 3 is 2.38 bits per heavy atom. The molecule has 0 N–H and O–H groups in total. The molecule has 1 aliphatic rings. The van der Waals surface area contributed by atoms with Gasteiger partial charge in [0.25, 0.3) is 0 Å². The predicted octanol–water partition coefficient (Wildman–Crippen LogP) is 3.80. The number of rotatable bonds is 2. The second-order valence-corrected chi connectivity index (χ2v) is 7.64. The van der Waals surface area contributed by atoms with Gasteiger partial charge >= 0.3 is 0 Å². The first-order valence-corrected chi connectivity index (χ1v) is 8.54. The van der Waals surface area contributed by atoms with Crippen LogP contribution in [0.15, 0.2) is 28.8 Å². The maximum Gasteiger partial charge on any atom is 0.230 e. The number of benzene rings is 1. The number of hydrogen-bond donors (Lipinski definition) is 0. The van der Waals surface area contributed by atoms with Crippen LogP contribution in [0.25, 0.3) is 11.4 Å². The second kappa shape index (κ2) is 6.38. The molecule has 1 aromatic heterocycles. The summed E-state index contributed by atoms with van der Waals surface area (Å²) >= 11 is 0. The van der Waals surface area contributed by atoms with E-state index < -0.39 is 0 Å². The number of aryl methyl sites for hydroxylation is 1. The van der Waals surface area contributed by atoms with Crippen LogP contribution in [0.3, 0.4) is 0 Å². The fourth-order valence-electron chi connectivity index (χ4n) is 3.02. The Kier molecular flexibility index (Phi) is 4.43. The summed E-state index contributed by atoms with van der Waals surface area (Å²) < 4.78 is 5.49. The molecule has 1 aromatic carbocycles. The van der Waals surface area contributed by atoms with Gasteiger partial charge in [-0.2, -0.15) is 4.98 Å². The van der Waals surface area contributed by atoms with Crippen LogP contribution in [0.1, 0.15) is 51.0 Å². The zero-order valence-electron chi connectivity index (χ0n) is 14.9. The van der Waals surface area contributed by atoms with Gasteiger partial charge in [-0.05, 0) is 19.8 Å². The SMILES string of the molecule is Cc1ccc(-c2noc(C3CCN(C(=O)C(C)(C)C)CC3)n2)cc1. The average Bonchev–Trinajstić information content (AvgIpc) is 3.04. The molecule has 0 spiro atoms. The van der Waals surface area contributed by atoms with Gasteiger partial charge in [-0.25, -0.2) is 0 Å². The lowest BCUT2D eigenvalue weighted by Gasteiger charge is -2.34. The largest absolute Gasteiger partial charge is 0.342 e. The smallest absolute Gasteiger partial charge is 0.230 e. The van der Waals surface area contributed by atoms with E-state index in [4.69, 9.17) is 4.52 Å². The minimum Gasteiger partial charge on any atom is -0.342 e. The lowest BCUT2D eigenvalue weighted by Crippen LogP contribution is -2.43. The maximum absolute atomic E-state index is 12.4. The van der Waals surface area contributed by atoms with Crippen molar-refractivity contribution in [3.05, 3.63) is 35.7 Å². The highest BCUT2D eigenvalue weighted by Gasteiger charge is 2.32. The molecule has 0 aliphatic carbocycles. The molecule has 3 rings (SSSR count). The third-order valence-corrected chi connectivity index (χ3v) is 4.52. The molecule has 0 atom stereocenters. The molecule has 0 saturated carbocycles. The normalized spacial score (nSPS) is 16.4. The van der Waals surface area contributed by atoms with Crippen LogP contribution in [0.5, 0.6) is 0 Å². The van der Waals surface area contributed by atoms with Crippen molar-refractivity contribution in [3.63, 3.8) is 0 Å². The van der Waals surface area contributed by atoms with Crippen LogP contribution in [0.4, 0.5) is 0 Å². The van der Waals surface area contributed by atoms with E-state index in [9.17, 15) is 4.79 Å². The maximum atomic E-state index is 12.4. The average molecular weight is 327 g/mol. The van der Waals surface area contributed by atoms with Crippen LogP contribution >= 0.6 is 0 Å². The lowest BCUT2D eigenvalue weighted by atomic mass is 9.91. The standard InChI is InChI=1S/C19H25N3O2/c1-13-5-7-14(8-6-13)16-20-17(24-21-16)15-9-11-22(12-10-15)18(23)19(2,3)4/h5-8,15H,9-12H2,1-4H3. The van der Waals surface area contributed by atoms with Gasteiger partial charge in [-0.3, -0.25) is 4.79 Å². The van der Waals surface area contributed by atoms with Crippen molar-refractivity contribution in [2.45, 2.75) is 46.5 Å². The first kappa shape index (κ1) is 16.7. The molecule has 1 saturated heterocycles. The molecule has 0 radical (unpaired) electrons. The number of amides is 1. The van der Waals surface area contributed by atoms with Crippen molar-refractivity contribution in [2.75, 3.05) is 13.1 Å². The summed E-state index contributed by atoms with van der Waals surface area (Å²) in [4.78, 5) is 18.9. The molecule has 128 valence electrons. The number of carbonyl (C=O) groups is 1. The van der Waals surface area contributed by atoms with Gasteiger partial charge in [0.1, 0.15) is 0 Å². The van der Waals surface area contributed by atoms with Crippen LogP contribution in [-0.4, -0.2) is 34.0 Å². The zero-order chi connectivity index (χ0) is 17.3. The number of hydrogen-bond acceptors (Lipinski definition) is 4. The third-order valence-electron chi connectivity index (χ3n) is 4.52. The fourth-order valence-corrected chi connectivity index (χ4v) is 3.02. The quantitative estimate of drug-likeness (QED) is 0.842. The fraction of sp³-hybridized carbons (Fsp3) is 0.526. The second-order valence-electron chi connectivity index (χ2n) is 7.64. The van der Waals surface area contributed by atoms with Crippen LogP contribution in [-0.2, 0) is 4.79 Å². The molecule has 5 nitrogen and oxygen atoms in total.